The molecule has 0 saturated carbocycles. The number of aliphatic carboxylic acids is 1. The first kappa shape index (κ1) is 15.7. The second kappa shape index (κ2) is 6.70. The largest absolute Gasteiger partial charge is 0.478 e. The summed E-state index contributed by atoms with van der Waals surface area (Å²) in [5.41, 5.74) is 5.74. The van der Waals surface area contributed by atoms with Crippen molar-refractivity contribution in [1.82, 2.24) is 0 Å². The SMILES string of the molecule is CC(C)N(CC(N)=O)c1cccc(F)c1/C=C/C(=O)O. The van der Waals surface area contributed by atoms with Crippen LogP contribution in [0, 0.1) is 5.82 Å². The molecule has 5 nitrogen and oxygen atoms in total. The maximum atomic E-state index is 13.9. The molecule has 3 N–H and O–H groups in total. The lowest BCUT2D eigenvalue weighted by Gasteiger charge is -2.29. The van der Waals surface area contributed by atoms with E-state index in [1.807, 2.05) is 13.8 Å². The molecular weight excluding hydrogens is 263 g/mol. The fourth-order valence-electron chi connectivity index (χ4n) is 1.81. The van der Waals surface area contributed by atoms with Gasteiger partial charge in [-0.25, -0.2) is 9.18 Å². The third-order valence-electron chi connectivity index (χ3n) is 2.68. The van der Waals surface area contributed by atoms with E-state index in [1.54, 1.807) is 11.0 Å². The zero-order chi connectivity index (χ0) is 15.3. The fourth-order valence-corrected chi connectivity index (χ4v) is 1.81. The summed E-state index contributed by atoms with van der Waals surface area (Å²) in [6.07, 6.45) is 2.02. The van der Waals surface area contributed by atoms with Crippen LogP contribution in [0.25, 0.3) is 6.08 Å². The van der Waals surface area contributed by atoms with Crippen molar-refractivity contribution in [2.45, 2.75) is 19.9 Å². The summed E-state index contributed by atoms with van der Waals surface area (Å²) in [5.74, 6) is -2.28. The van der Waals surface area contributed by atoms with Crippen molar-refractivity contribution in [2.24, 2.45) is 5.73 Å². The summed E-state index contributed by atoms with van der Waals surface area (Å²) < 4.78 is 13.9. The quantitative estimate of drug-likeness (QED) is 0.776. The van der Waals surface area contributed by atoms with Gasteiger partial charge in [0.05, 0.1) is 6.54 Å². The predicted molar refractivity (Wildman–Crippen MR) is 74.7 cm³/mol. The van der Waals surface area contributed by atoms with E-state index in [9.17, 15) is 14.0 Å². The molecule has 0 radical (unpaired) electrons. The van der Waals surface area contributed by atoms with Crippen LogP contribution in [0.15, 0.2) is 24.3 Å². The van der Waals surface area contributed by atoms with Gasteiger partial charge in [-0.2, -0.15) is 0 Å². The molecule has 108 valence electrons. The Morgan fingerprint density at radius 1 is 1.45 bits per heavy atom. The Hall–Kier alpha value is -2.37. The van der Waals surface area contributed by atoms with Gasteiger partial charge in [-0.05, 0) is 32.1 Å². The topological polar surface area (TPSA) is 83.6 Å². The van der Waals surface area contributed by atoms with Crippen LogP contribution in [-0.2, 0) is 9.59 Å². The van der Waals surface area contributed by atoms with Crippen molar-refractivity contribution < 1.29 is 19.1 Å². The number of rotatable bonds is 6. The number of carbonyl (C=O) groups excluding carboxylic acids is 1. The number of nitrogens with zero attached hydrogens (tertiary/aromatic N) is 1. The number of carboxylic acid groups (broad SMARTS) is 1. The van der Waals surface area contributed by atoms with E-state index in [4.69, 9.17) is 10.8 Å². The van der Waals surface area contributed by atoms with E-state index < -0.39 is 17.7 Å². The first-order valence-corrected chi connectivity index (χ1v) is 6.07. The number of carboxylic acids is 1. The van der Waals surface area contributed by atoms with Crippen LogP contribution in [0.5, 0.6) is 0 Å². The van der Waals surface area contributed by atoms with Gasteiger partial charge < -0.3 is 15.7 Å². The molecule has 0 aromatic heterocycles. The number of anilines is 1. The number of amides is 1. The minimum Gasteiger partial charge on any atom is -0.478 e. The molecule has 6 heteroatoms. The first-order chi connectivity index (χ1) is 9.32. The van der Waals surface area contributed by atoms with Crippen LogP contribution in [0.1, 0.15) is 19.4 Å². The predicted octanol–water partition coefficient (Wildman–Crippen LogP) is 1.62. The van der Waals surface area contributed by atoms with Crippen LogP contribution in [0.4, 0.5) is 10.1 Å². The Kier molecular flexibility index (Phi) is 5.25. The average molecular weight is 280 g/mol. The van der Waals surface area contributed by atoms with E-state index in [-0.39, 0.29) is 18.2 Å². The molecule has 0 fully saturated rings. The third kappa shape index (κ3) is 4.08. The molecule has 0 bridgehead atoms. The van der Waals surface area contributed by atoms with Crippen molar-refractivity contribution in [3.63, 3.8) is 0 Å². The lowest BCUT2D eigenvalue weighted by molar-refractivity contribution is -0.131. The minimum absolute atomic E-state index is 0.0744. The number of primary amides is 1. The van der Waals surface area contributed by atoms with Gasteiger partial charge in [0.2, 0.25) is 5.91 Å². The van der Waals surface area contributed by atoms with Gasteiger partial charge in [-0.1, -0.05) is 6.07 Å². The molecule has 0 aliphatic carbocycles. The Balaban J connectivity index is 3.30. The molecule has 0 saturated heterocycles. The molecule has 0 heterocycles. The van der Waals surface area contributed by atoms with Crippen molar-refractivity contribution in [1.29, 1.82) is 0 Å². The van der Waals surface area contributed by atoms with E-state index in [0.29, 0.717) is 5.69 Å². The molecule has 1 aromatic carbocycles. The van der Waals surface area contributed by atoms with Crippen LogP contribution >= 0.6 is 0 Å². The normalized spacial score (nSPS) is 11.0. The summed E-state index contributed by atoms with van der Waals surface area (Å²) in [4.78, 5) is 23.3. The molecule has 1 aromatic rings. The van der Waals surface area contributed by atoms with E-state index in [0.717, 1.165) is 6.08 Å². The summed E-state index contributed by atoms with van der Waals surface area (Å²) in [7, 11) is 0. The second-order valence-electron chi connectivity index (χ2n) is 4.53. The number of hydrogen-bond acceptors (Lipinski definition) is 3. The van der Waals surface area contributed by atoms with Crippen molar-refractivity contribution in [3.8, 4) is 0 Å². The van der Waals surface area contributed by atoms with E-state index in [2.05, 4.69) is 0 Å². The van der Waals surface area contributed by atoms with Crippen molar-refractivity contribution >= 4 is 23.6 Å². The van der Waals surface area contributed by atoms with E-state index in [1.165, 1.54) is 18.2 Å². The molecule has 1 rings (SSSR count). The highest BCUT2D eigenvalue weighted by Gasteiger charge is 2.17. The van der Waals surface area contributed by atoms with Gasteiger partial charge in [-0.15, -0.1) is 0 Å². The number of carbonyl (C=O) groups is 2. The van der Waals surface area contributed by atoms with Crippen molar-refractivity contribution in [3.05, 3.63) is 35.7 Å². The Morgan fingerprint density at radius 2 is 2.10 bits per heavy atom. The van der Waals surface area contributed by atoms with Crippen LogP contribution < -0.4 is 10.6 Å². The van der Waals surface area contributed by atoms with Gasteiger partial charge >= 0.3 is 5.97 Å². The standard InChI is InChI=1S/C14H17FN2O3/c1-9(2)17(8-13(16)18)12-5-3-4-11(15)10(12)6-7-14(19)20/h3-7,9H,8H2,1-2H3,(H2,16,18)(H,19,20)/b7-6+. The van der Waals surface area contributed by atoms with Gasteiger partial charge in [0.1, 0.15) is 5.82 Å². The minimum atomic E-state index is -1.18. The number of nitrogens with two attached hydrogens (primary N) is 1. The fraction of sp³-hybridized carbons (Fsp3) is 0.286. The van der Waals surface area contributed by atoms with Crippen LogP contribution in [0.3, 0.4) is 0 Å². The van der Waals surface area contributed by atoms with Crippen LogP contribution in [0.2, 0.25) is 0 Å². The highest BCUT2D eigenvalue weighted by atomic mass is 19.1. The number of hydrogen-bond donors (Lipinski definition) is 2. The molecule has 0 aliphatic heterocycles. The summed E-state index contributed by atoms with van der Waals surface area (Å²) >= 11 is 0. The summed E-state index contributed by atoms with van der Waals surface area (Å²) in [6.45, 7) is 3.59. The maximum Gasteiger partial charge on any atom is 0.328 e. The Labute approximate surface area is 116 Å². The molecule has 1 amide bonds. The zero-order valence-corrected chi connectivity index (χ0v) is 11.3. The smallest absolute Gasteiger partial charge is 0.328 e. The van der Waals surface area contributed by atoms with Crippen molar-refractivity contribution in [2.75, 3.05) is 11.4 Å². The Morgan fingerprint density at radius 3 is 2.60 bits per heavy atom. The highest BCUT2D eigenvalue weighted by molar-refractivity contribution is 5.88. The molecule has 0 spiro atoms. The van der Waals surface area contributed by atoms with E-state index >= 15 is 0 Å². The Bertz CT molecular complexity index is 541. The average Bonchev–Trinajstić information content (AvgIpc) is 2.33. The number of halogens is 1. The molecule has 0 atom stereocenters. The summed E-state index contributed by atoms with van der Waals surface area (Å²) in [5, 5.41) is 8.65. The lowest BCUT2D eigenvalue weighted by atomic mass is 10.1. The molecule has 0 aliphatic rings. The monoisotopic (exact) mass is 280 g/mol. The summed E-state index contributed by atoms with van der Waals surface area (Å²) in [6, 6.07) is 4.25. The molecule has 20 heavy (non-hydrogen) atoms. The maximum absolute atomic E-state index is 13.9. The second-order valence-corrected chi connectivity index (χ2v) is 4.53. The van der Waals surface area contributed by atoms with Gasteiger partial charge in [0, 0.05) is 23.4 Å². The van der Waals surface area contributed by atoms with Gasteiger partial charge in [-0.3, -0.25) is 4.79 Å². The highest BCUT2D eigenvalue weighted by Crippen LogP contribution is 2.26. The van der Waals surface area contributed by atoms with Gasteiger partial charge in [0.15, 0.2) is 0 Å². The third-order valence-corrected chi connectivity index (χ3v) is 2.68. The van der Waals surface area contributed by atoms with Gasteiger partial charge in [0.25, 0.3) is 0 Å². The zero-order valence-electron chi connectivity index (χ0n) is 11.3. The van der Waals surface area contributed by atoms with Crippen LogP contribution in [-0.4, -0.2) is 29.6 Å². The lowest BCUT2D eigenvalue weighted by Crippen LogP contribution is -2.39. The first-order valence-electron chi connectivity index (χ1n) is 6.07. The number of benzene rings is 1. The molecular formula is C14H17FN2O3. The molecule has 0 unspecified atom stereocenters.